The second-order valence-electron chi connectivity index (χ2n) is 10.4. The number of nitrogens with zero attached hydrogens (tertiary/aromatic N) is 3. The molecule has 0 aliphatic carbocycles. The Labute approximate surface area is 217 Å². The molecule has 2 unspecified atom stereocenters. The predicted octanol–water partition coefficient (Wildman–Crippen LogP) is 1.48. The average molecular weight is 510 g/mol. The lowest BCUT2D eigenvalue weighted by Gasteiger charge is -2.46. The molecule has 0 saturated carbocycles. The second-order valence-corrected chi connectivity index (χ2v) is 10.4. The summed E-state index contributed by atoms with van der Waals surface area (Å²) < 4.78 is 11.5. The van der Waals surface area contributed by atoms with Crippen molar-refractivity contribution in [3.05, 3.63) is 66.0 Å². The molecule has 1 aromatic heterocycles. The molecule has 3 N–H and O–H groups in total. The zero-order chi connectivity index (χ0) is 26.6. The van der Waals surface area contributed by atoms with Crippen LogP contribution < -0.4 is 11.1 Å². The summed E-state index contributed by atoms with van der Waals surface area (Å²) in [6.45, 7) is 4.08. The minimum Gasteiger partial charge on any atom is -0.443 e. The van der Waals surface area contributed by atoms with Crippen LogP contribution in [0.3, 0.4) is 0 Å². The molecule has 2 saturated heterocycles. The first-order chi connectivity index (χ1) is 17.6. The highest BCUT2D eigenvalue weighted by Crippen LogP contribution is 2.38. The van der Waals surface area contributed by atoms with Gasteiger partial charge in [0.05, 0.1) is 18.8 Å². The van der Waals surface area contributed by atoms with Gasteiger partial charge in [-0.1, -0.05) is 36.4 Å². The van der Waals surface area contributed by atoms with Crippen molar-refractivity contribution in [3.63, 3.8) is 0 Å². The first-order valence-corrected chi connectivity index (χ1v) is 12.4. The lowest BCUT2D eigenvalue weighted by atomic mass is 9.80. The Hall–Kier alpha value is -3.50. The standard InChI is InChI=1S/C27H35N5O5/c1-26(2,28)24(34)30-21(17-36-16-19-8-5-4-6-9-19)23(33)32-13-11-22-27(18-32,31(3)25(35)37-22)14-20-10-7-12-29-15-20/h4-10,12,15,21-22H,11,13-14,16-18,28H2,1-3H3,(H,30,34)/t21-,22?,27?/m1/s1. The van der Waals surface area contributed by atoms with Gasteiger partial charge in [-0.2, -0.15) is 0 Å². The minimum absolute atomic E-state index is 0.0175. The molecule has 2 aliphatic heterocycles. The number of likely N-dealkylation sites (tertiary alicyclic amines) is 1. The summed E-state index contributed by atoms with van der Waals surface area (Å²) in [4.78, 5) is 46.6. The van der Waals surface area contributed by atoms with Crippen LogP contribution in [0, 0.1) is 0 Å². The Bertz CT molecular complexity index is 1110. The minimum atomic E-state index is -1.17. The largest absolute Gasteiger partial charge is 0.443 e. The molecule has 2 aliphatic rings. The third-order valence-electron chi connectivity index (χ3n) is 7.04. The molecule has 0 radical (unpaired) electrons. The highest BCUT2D eigenvalue weighted by molar-refractivity contribution is 5.91. The number of aromatic nitrogens is 1. The van der Waals surface area contributed by atoms with Crippen molar-refractivity contribution in [2.45, 2.75) is 56.5 Å². The zero-order valence-electron chi connectivity index (χ0n) is 21.6. The second kappa shape index (κ2) is 10.9. The van der Waals surface area contributed by atoms with Crippen molar-refractivity contribution in [2.24, 2.45) is 5.73 Å². The number of fused-ring (bicyclic) bond motifs is 1. The fraction of sp³-hybridized carbons (Fsp3) is 0.481. The maximum absolute atomic E-state index is 13.8. The molecule has 3 amide bonds. The molecule has 3 atom stereocenters. The van der Waals surface area contributed by atoms with E-state index < -0.39 is 29.1 Å². The van der Waals surface area contributed by atoms with Crippen molar-refractivity contribution in [2.75, 3.05) is 26.7 Å². The molecule has 198 valence electrons. The van der Waals surface area contributed by atoms with Gasteiger partial charge in [0.15, 0.2) is 0 Å². The van der Waals surface area contributed by atoms with E-state index >= 15 is 0 Å². The van der Waals surface area contributed by atoms with Gasteiger partial charge < -0.3 is 25.4 Å². The smallest absolute Gasteiger partial charge is 0.410 e. The molecule has 37 heavy (non-hydrogen) atoms. The molecule has 2 fully saturated rings. The van der Waals surface area contributed by atoms with Crippen LogP contribution in [0.1, 0.15) is 31.4 Å². The number of hydrogen-bond donors (Lipinski definition) is 2. The van der Waals surface area contributed by atoms with E-state index in [1.54, 1.807) is 43.1 Å². The molecule has 0 bridgehead atoms. The third-order valence-corrected chi connectivity index (χ3v) is 7.04. The summed E-state index contributed by atoms with van der Waals surface area (Å²) in [5.41, 5.74) is 5.97. The van der Waals surface area contributed by atoms with Crippen molar-refractivity contribution in [1.29, 1.82) is 0 Å². The van der Waals surface area contributed by atoms with Gasteiger partial charge in [-0.05, 0) is 31.0 Å². The average Bonchev–Trinajstić information content (AvgIpc) is 3.12. The van der Waals surface area contributed by atoms with Crippen molar-refractivity contribution in [3.8, 4) is 0 Å². The van der Waals surface area contributed by atoms with E-state index in [1.807, 2.05) is 42.5 Å². The van der Waals surface area contributed by atoms with Crippen molar-refractivity contribution >= 4 is 17.9 Å². The Morgan fingerprint density at radius 3 is 2.65 bits per heavy atom. The first kappa shape index (κ1) is 26.6. The number of hydrogen-bond acceptors (Lipinski definition) is 7. The lowest BCUT2D eigenvalue weighted by Crippen LogP contribution is -2.66. The third kappa shape index (κ3) is 5.91. The van der Waals surface area contributed by atoms with E-state index in [1.165, 1.54) is 0 Å². The fourth-order valence-electron chi connectivity index (χ4n) is 4.87. The summed E-state index contributed by atoms with van der Waals surface area (Å²) >= 11 is 0. The molecule has 10 nitrogen and oxygen atoms in total. The van der Waals surface area contributed by atoms with Crippen LogP contribution in [0.25, 0.3) is 0 Å². The molecule has 0 spiro atoms. The molecule has 1 aromatic carbocycles. The maximum Gasteiger partial charge on any atom is 0.410 e. The number of carbonyl (C=O) groups is 3. The highest BCUT2D eigenvalue weighted by Gasteiger charge is 2.57. The van der Waals surface area contributed by atoms with Crippen molar-refractivity contribution in [1.82, 2.24) is 20.1 Å². The number of ether oxygens (including phenoxy) is 2. The number of nitrogens with one attached hydrogen (secondary N) is 1. The molecule has 4 rings (SSSR count). The molecule has 3 heterocycles. The molecule has 10 heteroatoms. The van der Waals surface area contributed by atoms with Crippen LogP contribution in [-0.2, 0) is 32.1 Å². The monoisotopic (exact) mass is 509 g/mol. The van der Waals surface area contributed by atoms with Crippen LogP contribution in [-0.4, -0.2) is 82.7 Å². The van der Waals surface area contributed by atoms with E-state index in [-0.39, 0.29) is 25.2 Å². The summed E-state index contributed by atoms with van der Waals surface area (Å²) in [5, 5.41) is 2.78. The number of rotatable bonds is 9. The van der Waals surface area contributed by atoms with E-state index in [2.05, 4.69) is 10.3 Å². The quantitative estimate of drug-likeness (QED) is 0.524. The zero-order valence-corrected chi connectivity index (χ0v) is 21.6. The Morgan fingerprint density at radius 1 is 1.24 bits per heavy atom. The molecule has 2 aromatic rings. The van der Waals surface area contributed by atoms with Gasteiger partial charge in [0, 0.05) is 45.4 Å². The number of carbonyl (C=O) groups excluding carboxylic acids is 3. The van der Waals surface area contributed by atoms with Crippen LogP contribution in [0.4, 0.5) is 4.79 Å². The number of nitrogens with two attached hydrogens (primary N) is 1. The van der Waals surface area contributed by atoms with E-state index in [0.717, 1.165) is 11.1 Å². The predicted molar refractivity (Wildman–Crippen MR) is 136 cm³/mol. The van der Waals surface area contributed by atoms with E-state index in [4.69, 9.17) is 15.2 Å². The van der Waals surface area contributed by atoms with Crippen molar-refractivity contribution < 1.29 is 23.9 Å². The summed E-state index contributed by atoms with van der Waals surface area (Å²) in [6, 6.07) is 12.4. The number of likely N-dealkylation sites (N-methyl/N-ethyl adjacent to an activating group) is 1. The normalized spacial score (nSPS) is 22.3. The van der Waals surface area contributed by atoms with Gasteiger partial charge in [-0.15, -0.1) is 0 Å². The number of pyridine rings is 1. The van der Waals surface area contributed by atoms with Gasteiger partial charge in [0.2, 0.25) is 11.8 Å². The number of benzene rings is 1. The Morgan fingerprint density at radius 2 is 1.97 bits per heavy atom. The maximum atomic E-state index is 13.8. The Balaban J connectivity index is 1.53. The number of piperidine rings is 1. The van der Waals surface area contributed by atoms with Crippen LogP contribution in [0.2, 0.25) is 0 Å². The lowest BCUT2D eigenvalue weighted by molar-refractivity contribution is -0.143. The van der Waals surface area contributed by atoms with Gasteiger partial charge in [0.25, 0.3) is 0 Å². The molecular formula is C27H35N5O5. The van der Waals surface area contributed by atoms with E-state index in [9.17, 15) is 14.4 Å². The summed E-state index contributed by atoms with van der Waals surface area (Å²) in [6.07, 6.45) is 3.64. The Kier molecular flexibility index (Phi) is 7.79. The van der Waals surface area contributed by atoms with Gasteiger partial charge >= 0.3 is 6.09 Å². The van der Waals surface area contributed by atoms with Crippen LogP contribution in [0.15, 0.2) is 54.9 Å². The van der Waals surface area contributed by atoms with Gasteiger partial charge in [0.1, 0.15) is 17.7 Å². The fourth-order valence-corrected chi connectivity index (χ4v) is 4.87. The first-order valence-electron chi connectivity index (χ1n) is 12.4. The summed E-state index contributed by atoms with van der Waals surface area (Å²) in [5.74, 6) is -0.743. The highest BCUT2D eigenvalue weighted by atomic mass is 16.6. The van der Waals surface area contributed by atoms with Crippen LogP contribution in [0.5, 0.6) is 0 Å². The molecular weight excluding hydrogens is 474 g/mol. The van der Waals surface area contributed by atoms with E-state index in [0.29, 0.717) is 26.0 Å². The van der Waals surface area contributed by atoms with Gasteiger partial charge in [-0.25, -0.2) is 4.79 Å². The van der Waals surface area contributed by atoms with Gasteiger partial charge in [-0.3, -0.25) is 19.5 Å². The van der Waals surface area contributed by atoms with Crippen LogP contribution >= 0.6 is 0 Å². The summed E-state index contributed by atoms with van der Waals surface area (Å²) in [7, 11) is 1.70. The topological polar surface area (TPSA) is 127 Å². The number of amides is 3. The SMILES string of the molecule is CN1C(=O)OC2CCN(C(=O)[C@@H](COCc3ccccc3)NC(=O)C(C)(C)N)CC21Cc1cccnc1.